The van der Waals surface area contributed by atoms with Gasteiger partial charge in [0.05, 0.1) is 17.2 Å². The van der Waals surface area contributed by atoms with E-state index in [0.29, 0.717) is 12.2 Å². The molecule has 1 aromatic carbocycles. The molecule has 4 nitrogen and oxygen atoms in total. The molecule has 0 bridgehead atoms. The van der Waals surface area contributed by atoms with Crippen molar-refractivity contribution in [2.24, 2.45) is 0 Å². The second-order valence-electron chi connectivity index (χ2n) is 5.32. The molecule has 0 radical (unpaired) electrons. The van der Waals surface area contributed by atoms with Crippen LogP contribution in [0.15, 0.2) is 18.2 Å². The highest BCUT2D eigenvalue weighted by atomic mass is 32.2. The lowest BCUT2D eigenvalue weighted by molar-refractivity contribution is 0.208. The summed E-state index contributed by atoms with van der Waals surface area (Å²) < 4.78 is 29.2. The average molecular weight is 281 g/mol. The molecule has 104 valence electrons. The summed E-state index contributed by atoms with van der Waals surface area (Å²) in [6, 6.07) is 6.02. The van der Waals surface area contributed by atoms with Gasteiger partial charge in [-0.3, -0.25) is 0 Å². The quantitative estimate of drug-likeness (QED) is 0.901. The van der Waals surface area contributed by atoms with Crippen LogP contribution in [0.1, 0.15) is 24.8 Å². The molecule has 1 N–H and O–H groups in total. The third-order valence-electron chi connectivity index (χ3n) is 3.75. The number of benzene rings is 1. The summed E-state index contributed by atoms with van der Waals surface area (Å²) in [5, 5.41) is 3.37. The SMILES string of the molecule is O=S1(=O)CCCC(Oc2cccc3c2NCCC3)C1. The Balaban J connectivity index is 1.80. The van der Waals surface area contributed by atoms with Crippen molar-refractivity contribution in [1.82, 2.24) is 0 Å². The molecular weight excluding hydrogens is 262 g/mol. The third kappa shape index (κ3) is 2.86. The van der Waals surface area contributed by atoms with Gasteiger partial charge in [-0.25, -0.2) is 8.42 Å². The van der Waals surface area contributed by atoms with Gasteiger partial charge in [0, 0.05) is 6.54 Å². The Kier molecular flexibility index (Phi) is 3.39. The molecule has 2 heterocycles. The number of fused-ring (bicyclic) bond motifs is 1. The molecule has 0 aliphatic carbocycles. The topological polar surface area (TPSA) is 55.4 Å². The second-order valence-corrected chi connectivity index (χ2v) is 7.55. The summed E-state index contributed by atoms with van der Waals surface area (Å²) in [6.07, 6.45) is 3.52. The van der Waals surface area contributed by atoms with Crippen LogP contribution in [0.2, 0.25) is 0 Å². The summed E-state index contributed by atoms with van der Waals surface area (Å²) in [6.45, 7) is 0.955. The average Bonchev–Trinajstić information content (AvgIpc) is 2.38. The maximum absolute atomic E-state index is 11.6. The van der Waals surface area contributed by atoms with E-state index in [2.05, 4.69) is 11.4 Å². The number of rotatable bonds is 2. The normalized spacial score (nSPS) is 25.2. The van der Waals surface area contributed by atoms with Crippen molar-refractivity contribution in [2.75, 3.05) is 23.4 Å². The van der Waals surface area contributed by atoms with E-state index in [1.165, 1.54) is 5.56 Å². The number of hydrogen-bond donors (Lipinski definition) is 1. The van der Waals surface area contributed by atoms with Crippen molar-refractivity contribution in [3.63, 3.8) is 0 Å². The van der Waals surface area contributed by atoms with Gasteiger partial charge in [-0.1, -0.05) is 12.1 Å². The highest BCUT2D eigenvalue weighted by molar-refractivity contribution is 7.91. The number of aryl methyl sites for hydroxylation is 1. The van der Waals surface area contributed by atoms with Crippen LogP contribution in [0.5, 0.6) is 5.75 Å². The highest BCUT2D eigenvalue weighted by Crippen LogP contribution is 2.33. The molecule has 0 aromatic heterocycles. The van der Waals surface area contributed by atoms with E-state index in [4.69, 9.17) is 4.74 Å². The first-order valence-corrected chi connectivity index (χ1v) is 8.69. The zero-order valence-electron chi connectivity index (χ0n) is 10.9. The zero-order chi connectivity index (χ0) is 13.3. The van der Waals surface area contributed by atoms with Crippen LogP contribution in [0.4, 0.5) is 5.69 Å². The summed E-state index contributed by atoms with van der Waals surface area (Å²) in [4.78, 5) is 0. The molecule has 3 rings (SSSR count). The van der Waals surface area contributed by atoms with E-state index < -0.39 is 9.84 Å². The number of ether oxygens (including phenoxy) is 1. The van der Waals surface area contributed by atoms with Gasteiger partial charge in [0.25, 0.3) is 0 Å². The van der Waals surface area contributed by atoms with Crippen LogP contribution in [0, 0.1) is 0 Å². The lowest BCUT2D eigenvalue weighted by atomic mass is 10.0. The van der Waals surface area contributed by atoms with E-state index in [9.17, 15) is 8.42 Å². The summed E-state index contributed by atoms with van der Waals surface area (Å²) in [5.41, 5.74) is 2.32. The molecular formula is C14H19NO3S. The van der Waals surface area contributed by atoms with Crippen molar-refractivity contribution in [3.8, 4) is 5.75 Å². The molecule has 0 spiro atoms. The van der Waals surface area contributed by atoms with Gasteiger partial charge in [-0.2, -0.15) is 0 Å². The Morgan fingerprint density at radius 2 is 2.16 bits per heavy atom. The maximum atomic E-state index is 11.6. The minimum atomic E-state index is -2.92. The fraction of sp³-hybridized carbons (Fsp3) is 0.571. The molecule has 5 heteroatoms. The summed E-state index contributed by atoms with van der Waals surface area (Å²) in [7, 11) is -2.92. The Hall–Kier alpha value is -1.23. The number of anilines is 1. The minimum Gasteiger partial charge on any atom is -0.487 e. The Bertz CT molecular complexity index is 568. The van der Waals surface area contributed by atoms with Crippen LogP contribution in [-0.2, 0) is 16.3 Å². The number of nitrogens with one attached hydrogen (secondary N) is 1. The first kappa shape index (κ1) is 12.8. The van der Waals surface area contributed by atoms with Gasteiger partial charge >= 0.3 is 0 Å². The van der Waals surface area contributed by atoms with E-state index in [-0.39, 0.29) is 11.9 Å². The fourth-order valence-corrected chi connectivity index (χ4v) is 4.40. The minimum absolute atomic E-state index is 0.149. The third-order valence-corrected chi connectivity index (χ3v) is 5.54. The number of para-hydroxylation sites is 1. The fourth-order valence-electron chi connectivity index (χ4n) is 2.83. The van der Waals surface area contributed by atoms with E-state index in [1.807, 2.05) is 12.1 Å². The molecule has 2 aliphatic heterocycles. The van der Waals surface area contributed by atoms with Crippen LogP contribution < -0.4 is 10.1 Å². The zero-order valence-corrected chi connectivity index (χ0v) is 11.7. The van der Waals surface area contributed by atoms with Gasteiger partial charge in [-0.05, 0) is 37.3 Å². The van der Waals surface area contributed by atoms with Crippen molar-refractivity contribution in [1.29, 1.82) is 0 Å². The standard InChI is InChI=1S/C14H19NO3S/c16-19(17)9-3-6-12(10-19)18-13-7-1-4-11-5-2-8-15-14(11)13/h1,4,7,12,15H,2-3,5-6,8-10H2. The van der Waals surface area contributed by atoms with Crippen molar-refractivity contribution in [3.05, 3.63) is 23.8 Å². The smallest absolute Gasteiger partial charge is 0.153 e. The lowest BCUT2D eigenvalue weighted by Crippen LogP contribution is -2.33. The molecule has 0 saturated carbocycles. The van der Waals surface area contributed by atoms with Crippen LogP contribution in [0.3, 0.4) is 0 Å². The second kappa shape index (κ2) is 5.04. The number of hydrogen-bond acceptors (Lipinski definition) is 4. The van der Waals surface area contributed by atoms with Gasteiger partial charge < -0.3 is 10.1 Å². The van der Waals surface area contributed by atoms with E-state index in [0.717, 1.165) is 37.2 Å². The lowest BCUT2D eigenvalue weighted by Gasteiger charge is -2.27. The molecule has 1 saturated heterocycles. The first-order valence-electron chi connectivity index (χ1n) is 6.87. The van der Waals surface area contributed by atoms with E-state index in [1.54, 1.807) is 0 Å². The summed E-state index contributed by atoms with van der Waals surface area (Å²) >= 11 is 0. The van der Waals surface area contributed by atoms with Gasteiger partial charge in [0.1, 0.15) is 11.9 Å². The molecule has 0 amide bonds. The maximum Gasteiger partial charge on any atom is 0.153 e. The van der Waals surface area contributed by atoms with Crippen LogP contribution in [0.25, 0.3) is 0 Å². The van der Waals surface area contributed by atoms with Gasteiger partial charge in [0.2, 0.25) is 0 Å². The van der Waals surface area contributed by atoms with E-state index >= 15 is 0 Å². The molecule has 1 unspecified atom stereocenters. The highest BCUT2D eigenvalue weighted by Gasteiger charge is 2.27. The monoisotopic (exact) mass is 281 g/mol. The van der Waals surface area contributed by atoms with Crippen molar-refractivity contribution >= 4 is 15.5 Å². The molecule has 1 fully saturated rings. The first-order chi connectivity index (χ1) is 9.14. The Morgan fingerprint density at radius 1 is 1.26 bits per heavy atom. The summed E-state index contributed by atoms with van der Waals surface area (Å²) in [5.74, 6) is 1.26. The van der Waals surface area contributed by atoms with Gasteiger partial charge in [0.15, 0.2) is 9.84 Å². The number of sulfone groups is 1. The molecule has 1 aromatic rings. The van der Waals surface area contributed by atoms with Crippen molar-refractivity contribution in [2.45, 2.75) is 31.8 Å². The predicted octanol–water partition coefficient (Wildman–Crippen LogP) is 2.00. The van der Waals surface area contributed by atoms with Crippen LogP contribution >= 0.6 is 0 Å². The predicted molar refractivity (Wildman–Crippen MR) is 75.6 cm³/mol. The van der Waals surface area contributed by atoms with Crippen LogP contribution in [-0.4, -0.2) is 32.6 Å². The molecule has 2 aliphatic rings. The Labute approximate surface area is 114 Å². The Morgan fingerprint density at radius 3 is 3.00 bits per heavy atom. The van der Waals surface area contributed by atoms with Gasteiger partial charge in [-0.15, -0.1) is 0 Å². The largest absolute Gasteiger partial charge is 0.487 e. The van der Waals surface area contributed by atoms with Crippen molar-refractivity contribution < 1.29 is 13.2 Å². The molecule has 1 atom stereocenters. The molecule has 19 heavy (non-hydrogen) atoms.